The fraction of sp³-hybridized carbons (Fsp3) is 0.500. The van der Waals surface area contributed by atoms with Crippen molar-refractivity contribution in [2.24, 2.45) is 0 Å². The predicted molar refractivity (Wildman–Crippen MR) is 74.6 cm³/mol. The van der Waals surface area contributed by atoms with Gasteiger partial charge in [0.15, 0.2) is 5.65 Å². The Kier molecular flexibility index (Phi) is 3.47. The number of hydrogen-bond donors (Lipinski definition) is 3. The van der Waals surface area contributed by atoms with Crippen LogP contribution in [0.4, 0.5) is 5.82 Å². The Hall–Kier alpha value is -2.38. The molecule has 0 aromatic carbocycles. The zero-order chi connectivity index (χ0) is 14.9. The number of carbonyl (C=O) groups excluding carboxylic acids is 1. The van der Waals surface area contributed by atoms with E-state index in [9.17, 15) is 9.59 Å². The van der Waals surface area contributed by atoms with E-state index in [2.05, 4.69) is 25.9 Å². The van der Waals surface area contributed by atoms with Crippen LogP contribution in [0.1, 0.15) is 27.7 Å². The summed E-state index contributed by atoms with van der Waals surface area (Å²) in [6.07, 6.45) is 0. The average molecular weight is 278 g/mol. The van der Waals surface area contributed by atoms with Gasteiger partial charge >= 0.3 is 5.69 Å². The maximum Gasteiger partial charge on any atom is 0.364 e. The molecule has 2 heterocycles. The number of amides is 1. The van der Waals surface area contributed by atoms with Gasteiger partial charge in [-0.05, 0) is 39.8 Å². The highest BCUT2D eigenvalue weighted by atomic mass is 16.2. The Balaban J connectivity index is 2.13. The van der Waals surface area contributed by atoms with Gasteiger partial charge in [-0.1, -0.05) is 0 Å². The number of hydrogen-bond acceptors (Lipinski definition) is 5. The molecular formula is C12H18N6O2. The number of aromatic amines is 1. The first kappa shape index (κ1) is 14.0. The molecule has 1 unspecified atom stereocenters. The van der Waals surface area contributed by atoms with Gasteiger partial charge in [0.25, 0.3) is 0 Å². The summed E-state index contributed by atoms with van der Waals surface area (Å²) in [5.41, 5.74) is -0.297. The van der Waals surface area contributed by atoms with E-state index >= 15 is 0 Å². The fourth-order valence-corrected chi connectivity index (χ4v) is 1.65. The van der Waals surface area contributed by atoms with Crippen molar-refractivity contribution >= 4 is 17.4 Å². The molecule has 1 atom stereocenters. The third-order valence-corrected chi connectivity index (χ3v) is 2.53. The number of nitrogens with one attached hydrogen (secondary N) is 3. The van der Waals surface area contributed by atoms with Crippen LogP contribution in [0.2, 0.25) is 0 Å². The highest BCUT2D eigenvalue weighted by Gasteiger charge is 2.19. The first-order chi connectivity index (χ1) is 9.26. The van der Waals surface area contributed by atoms with Crippen LogP contribution >= 0.6 is 0 Å². The first-order valence-electron chi connectivity index (χ1n) is 6.29. The Morgan fingerprint density at radius 3 is 2.75 bits per heavy atom. The molecule has 3 N–H and O–H groups in total. The summed E-state index contributed by atoms with van der Waals surface area (Å²) in [4.78, 5) is 23.4. The molecule has 2 aromatic heterocycles. The largest absolute Gasteiger partial charge is 0.364 e. The van der Waals surface area contributed by atoms with Crippen LogP contribution in [0.25, 0.3) is 5.65 Å². The first-order valence-corrected chi connectivity index (χ1v) is 6.29. The molecule has 20 heavy (non-hydrogen) atoms. The van der Waals surface area contributed by atoms with Crippen LogP contribution < -0.4 is 16.3 Å². The van der Waals surface area contributed by atoms with E-state index in [4.69, 9.17) is 0 Å². The minimum absolute atomic E-state index is 0.140. The van der Waals surface area contributed by atoms with Gasteiger partial charge in [0.2, 0.25) is 5.91 Å². The summed E-state index contributed by atoms with van der Waals surface area (Å²) in [5, 5.41) is 16.0. The second-order valence-electron chi connectivity index (χ2n) is 5.62. The zero-order valence-electron chi connectivity index (χ0n) is 11.9. The standard InChI is InChI=1S/C12H18N6O2/c1-7(10(19)14-12(2,3)4)13-8-5-6-9-15-16-11(20)18(9)17-8/h5-7H,1-4H3,(H,13,17)(H,14,19)(H,16,20). The van der Waals surface area contributed by atoms with E-state index in [-0.39, 0.29) is 11.4 Å². The third-order valence-electron chi connectivity index (χ3n) is 2.53. The van der Waals surface area contributed by atoms with Crippen LogP contribution in [0, 0.1) is 0 Å². The van der Waals surface area contributed by atoms with E-state index < -0.39 is 11.7 Å². The Morgan fingerprint density at radius 2 is 2.10 bits per heavy atom. The number of H-pyrrole nitrogens is 1. The number of fused-ring (bicyclic) bond motifs is 1. The van der Waals surface area contributed by atoms with Crippen LogP contribution in [0.5, 0.6) is 0 Å². The second kappa shape index (κ2) is 4.95. The van der Waals surface area contributed by atoms with E-state index in [0.29, 0.717) is 11.5 Å². The number of anilines is 1. The molecule has 0 bridgehead atoms. The number of aromatic nitrogens is 4. The van der Waals surface area contributed by atoms with Crippen molar-refractivity contribution in [2.75, 3.05) is 5.32 Å². The Morgan fingerprint density at radius 1 is 1.40 bits per heavy atom. The zero-order valence-corrected chi connectivity index (χ0v) is 11.9. The summed E-state index contributed by atoms with van der Waals surface area (Å²) in [6, 6.07) is 2.83. The van der Waals surface area contributed by atoms with Crippen molar-refractivity contribution in [1.82, 2.24) is 25.1 Å². The summed E-state index contributed by atoms with van der Waals surface area (Å²) in [6.45, 7) is 7.46. The quantitative estimate of drug-likeness (QED) is 0.740. The number of carbonyl (C=O) groups is 1. The van der Waals surface area contributed by atoms with Crippen LogP contribution in [0.15, 0.2) is 16.9 Å². The Bertz CT molecular complexity index is 681. The lowest BCUT2D eigenvalue weighted by molar-refractivity contribution is -0.122. The fourth-order valence-electron chi connectivity index (χ4n) is 1.65. The molecule has 2 aromatic rings. The minimum Gasteiger partial charge on any atom is -0.357 e. The third kappa shape index (κ3) is 3.14. The summed E-state index contributed by atoms with van der Waals surface area (Å²) in [5.74, 6) is 0.288. The smallest absolute Gasteiger partial charge is 0.357 e. The molecule has 0 radical (unpaired) electrons. The van der Waals surface area contributed by atoms with Crippen molar-refractivity contribution < 1.29 is 4.79 Å². The summed E-state index contributed by atoms with van der Waals surface area (Å²) < 4.78 is 1.14. The van der Waals surface area contributed by atoms with Gasteiger partial charge in [0.05, 0.1) is 0 Å². The van der Waals surface area contributed by atoms with E-state index in [1.165, 1.54) is 0 Å². The SMILES string of the molecule is CC(Nc1ccc2n[nH]c(=O)n2n1)C(=O)NC(C)(C)C. The monoisotopic (exact) mass is 278 g/mol. The van der Waals surface area contributed by atoms with Crippen LogP contribution in [0.3, 0.4) is 0 Å². The molecular weight excluding hydrogens is 260 g/mol. The second-order valence-corrected chi connectivity index (χ2v) is 5.62. The summed E-state index contributed by atoms with van der Waals surface area (Å²) >= 11 is 0. The molecule has 2 rings (SSSR count). The molecule has 0 fully saturated rings. The normalized spacial score (nSPS) is 13.2. The van der Waals surface area contributed by atoms with Crippen molar-refractivity contribution in [3.8, 4) is 0 Å². The molecule has 0 aliphatic heterocycles. The predicted octanol–water partition coefficient (Wildman–Crippen LogP) is 0.133. The molecule has 0 spiro atoms. The average Bonchev–Trinajstić information content (AvgIpc) is 2.69. The van der Waals surface area contributed by atoms with Crippen molar-refractivity contribution in [1.29, 1.82) is 0 Å². The van der Waals surface area contributed by atoms with Gasteiger partial charge in [-0.3, -0.25) is 4.79 Å². The number of rotatable bonds is 3. The maximum absolute atomic E-state index is 12.0. The van der Waals surface area contributed by atoms with Gasteiger partial charge in [0, 0.05) is 5.54 Å². The molecule has 108 valence electrons. The van der Waals surface area contributed by atoms with Crippen molar-refractivity contribution in [3.63, 3.8) is 0 Å². The minimum atomic E-state index is -0.471. The molecule has 0 aliphatic carbocycles. The molecule has 8 heteroatoms. The van der Waals surface area contributed by atoms with Gasteiger partial charge in [0.1, 0.15) is 11.9 Å². The maximum atomic E-state index is 12.0. The van der Waals surface area contributed by atoms with Gasteiger partial charge in [-0.15, -0.1) is 5.10 Å². The lowest BCUT2D eigenvalue weighted by atomic mass is 10.1. The van der Waals surface area contributed by atoms with Crippen LogP contribution in [-0.4, -0.2) is 37.3 Å². The van der Waals surface area contributed by atoms with Crippen molar-refractivity contribution in [2.45, 2.75) is 39.3 Å². The summed E-state index contributed by atoms with van der Waals surface area (Å²) in [7, 11) is 0. The molecule has 0 aliphatic rings. The van der Waals surface area contributed by atoms with Crippen molar-refractivity contribution in [3.05, 3.63) is 22.6 Å². The highest BCUT2D eigenvalue weighted by Crippen LogP contribution is 2.06. The van der Waals surface area contributed by atoms with Gasteiger partial charge < -0.3 is 10.6 Å². The number of nitrogens with zero attached hydrogens (tertiary/aromatic N) is 3. The lowest BCUT2D eigenvalue weighted by Crippen LogP contribution is -2.47. The van der Waals surface area contributed by atoms with E-state index in [0.717, 1.165) is 4.52 Å². The van der Waals surface area contributed by atoms with Gasteiger partial charge in [-0.25, -0.2) is 9.89 Å². The van der Waals surface area contributed by atoms with E-state index in [1.807, 2.05) is 20.8 Å². The van der Waals surface area contributed by atoms with E-state index in [1.54, 1.807) is 19.1 Å². The molecule has 0 saturated carbocycles. The topological polar surface area (TPSA) is 104 Å². The van der Waals surface area contributed by atoms with Crippen LogP contribution in [-0.2, 0) is 4.79 Å². The lowest BCUT2D eigenvalue weighted by Gasteiger charge is -2.23. The van der Waals surface area contributed by atoms with Gasteiger partial charge in [-0.2, -0.15) is 9.61 Å². The highest BCUT2D eigenvalue weighted by molar-refractivity contribution is 5.84. The Labute approximate surface area is 115 Å². The molecule has 8 nitrogen and oxygen atoms in total. The molecule has 1 amide bonds. The molecule has 0 saturated heterocycles.